The highest BCUT2D eigenvalue weighted by molar-refractivity contribution is 4.65. The zero-order valence-electron chi connectivity index (χ0n) is 10.4. The van der Waals surface area contributed by atoms with E-state index in [9.17, 15) is 10.2 Å². The Balaban J connectivity index is 3.16. The van der Waals surface area contributed by atoms with Crippen molar-refractivity contribution in [1.29, 1.82) is 0 Å². The Labute approximate surface area is 94.7 Å². The molecule has 0 aromatic carbocycles. The van der Waals surface area contributed by atoms with E-state index in [1.165, 1.54) is 38.5 Å². The number of aliphatic hydroxyl groups is 2. The largest absolute Gasteiger partial charge is 0.390 e. The monoisotopic (exact) mass is 216 g/mol. The van der Waals surface area contributed by atoms with Crippen LogP contribution >= 0.6 is 0 Å². The Kier molecular flexibility index (Phi) is 10.4. The molecule has 0 spiro atoms. The van der Waals surface area contributed by atoms with Crippen LogP contribution in [-0.2, 0) is 0 Å². The van der Waals surface area contributed by atoms with Gasteiger partial charge in [-0.3, -0.25) is 0 Å². The molecule has 0 heterocycles. The summed E-state index contributed by atoms with van der Waals surface area (Å²) >= 11 is 0. The van der Waals surface area contributed by atoms with E-state index in [0.29, 0.717) is 6.42 Å². The molecule has 0 fully saturated rings. The van der Waals surface area contributed by atoms with Crippen LogP contribution in [0.5, 0.6) is 0 Å². The maximum Gasteiger partial charge on any atom is 0.0799 e. The van der Waals surface area contributed by atoms with Gasteiger partial charge in [-0.05, 0) is 12.8 Å². The average Bonchev–Trinajstić information content (AvgIpc) is 2.26. The summed E-state index contributed by atoms with van der Waals surface area (Å²) in [6.07, 6.45) is 9.18. The molecule has 15 heavy (non-hydrogen) atoms. The van der Waals surface area contributed by atoms with E-state index < -0.39 is 12.2 Å². The summed E-state index contributed by atoms with van der Waals surface area (Å²) in [5.41, 5.74) is 0. The van der Waals surface area contributed by atoms with Gasteiger partial charge >= 0.3 is 0 Å². The summed E-state index contributed by atoms with van der Waals surface area (Å²) in [6.45, 7) is 4.13. The number of hydrogen-bond acceptors (Lipinski definition) is 2. The third-order valence-corrected chi connectivity index (χ3v) is 2.97. The zero-order valence-corrected chi connectivity index (χ0v) is 10.4. The van der Waals surface area contributed by atoms with Crippen LogP contribution in [-0.4, -0.2) is 22.4 Å². The molecule has 2 nitrogen and oxygen atoms in total. The van der Waals surface area contributed by atoms with Crippen molar-refractivity contribution in [3.05, 3.63) is 0 Å². The Hall–Kier alpha value is -0.0800. The lowest BCUT2D eigenvalue weighted by Crippen LogP contribution is -2.24. The van der Waals surface area contributed by atoms with E-state index in [0.717, 1.165) is 12.8 Å². The predicted molar refractivity (Wildman–Crippen MR) is 64.9 cm³/mol. The first-order valence-electron chi connectivity index (χ1n) is 6.58. The molecular weight excluding hydrogens is 188 g/mol. The second kappa shape index (κ2) is 10.4. The van der Waals surface area contributed by atoms with Gasteiger partial charge in [0.15, 0.2) is 0 Å². The smallest absolute Gasteiger partial charge is 0.0799 e. The van der Waals surface area contributed by atoms with E-state index >= 15 is 0 Å². The third-order valence-electron chi connectivity index (χ3n) is 2.97. The normalized spacial score (nSPS) is 15.2. The van der Waals surface area contributed by atoms with Crippen molar-refractivity contribution in [2.45, 2.75) is 83.8 Å². The first kappa shape index (κ1) is 14.9. The fraction of sp³-hybridized carbons (Fsp3) is 1.00. The minimum absolute atomic E-state index is 0.509. The summed E-state index contributed by atoms with van der Waals surface area (Å²) in [4.78, 5) is 0. The number of aliphatic hydroxyl groups excluding tert-OH is 2. The second-order valence-corrected chi connectivity index (χ2v) is 4.45. The molecule has 2 atom stereocenters. The maximum absolute atomic E-state index is 9.51. The molecule has 0 bridgehead atoms. The molecule has 0 aromatic heterocycles. The van der Waals surface area contributed by atoms with Gasteiger partial charge in [0.25, 0.3) is 0 Å². The Morgan fingerprint density at radius 1 is 0.733 bits per heavy atom. The lowest BCUT2D eigenvalue weighted by atomic mass is 10.0. The molecule has 0 amide bonds. The van der Waals surface area contributed by atoms with Crippen molar-refractivity contribution in [2.24, 2.45) is 0 Å². The fourth-order valence-electron chi connectivity index (χ4n) is 1.78. The van der Waals surface area contributed by atoms with Crippen LogP contribution in [0.2, 0.25) is 0 Å². The molecule has 2 heteroatoms. The zero-order chi connectivity index (χ0) is 11.5. The van der Waals surface area contributed by atoms with E-state index in [-0.39, 0.29) is 0 Å². The van der Waals surface area contributed by atoms with Crippen molar-refractivity contribution >= 4 is 0 Å². The van der Waals surface area contributed by atoms with Crippen LogP contribution in [0.3, 0.4) is 0 Å². The van der Waals surface area contributed by atoms with Crippen LogP contribution < -0.4 is 0 Å². The fourth-order valence-corrected chi connectivity index (χ4v) is 1.78. The van der Waals surface area contributed by atoms with E-state index in [1.807, 2.05) is 6.92 Å². The lowest BCUT2D eigenvalue weighted by molar-refractivity contribution is 0.0114. The van der Waals surface area contributed by atoms with Crippen LogP contribution in [0, 0.1) is 0 Å². The molecule has 0 aromatic rings. The SMILES string of the molecule is CCCCCCCCC[C@@H](O)[C@@H](O)CC. The molecule has 2 N–H and O–H groups in total. The van der Waals surface area contributed by atoms with Gasteiger partial charge < -0.3 is 10.2 Å². The van der Waals surface area contributed by atoms with Gasteiger partial charge in [0.2, 0.25) is 0 Å². The van der Waals surface area contributed by atoms with Crippen LogP contribution in [0.15, 0.2) is 0 Å². The summed E-state index contributed by atoms with van der Waals surface area (Å²) in [5, 5.41) is 18.9. The van der Waals surface area contributed by atoms with E-state index in [2.05, 4.69) is 6.92 Å². The van der Waals surface area contributed by atoms with Gasteiger partial charge in [-0.25, -0.2) is 0 Å². The molecule has 0 aliphatic carbocycles. The van der Waals surface area contributed by atoms with Gasteiger partial charge in [0.05, 0.1) is 12.2 Å². The minimum Gasteiger partial charge on any atom is -0.390 e. The summed E-state index contributed by atoms with van der Waals surface area (Å²) in [5.74, 6) is 0. The molecule has 0 aliphatic rings. The third kappa shape index (κ3) is 8.88. The van der Waals surface area contributed by atoms with Crippen molar-refractivity contribution in [3.8, 4) is 0 Å². The molecule has 0 radical (unpaired) electrons. The molecule has 0 saturated carbocycles. The highest BCUT2D eigenvalue weighted by atomic mass is 16.3. The number of rotatable bonds is 10. The molecule has 0 aliphatic heterocycles. The Bertz CT molecular complexity index is 126. The van der Waals surface area contributed by atoms with Crippen molar-refractivity contribution in [2.75, 3.05) is 0 Å². The topological polar surface area (TPSA) is 40.5 Å². The van der Waals surface area contributed by atoms with Gasteiger partial charge in [-0.2, -0.15) is 0 Å². The first-order valence-corrected chi connectivity index (χ1v) is 6.58. The quantitative estimate of drug-likeness (QED) is 0.550. The van der Waals surface area contributed by atoms with E-state index in [1.54, 1.807) is 0 Å². The molecule has 0 rings (SSSR count). The molecule has 0 saturated heterocycles. The maximum atomic E-state index is 9.51. The summed E-state index contributed by atoms with van der Waals surface area (Å²) < 4.78 is 0. The van der Waals surface area contributed by atoms with Crippen molar-refractivity contribution in [3.63, 3.8) is 0 Å². The molecule has 0 unspecified atom stereocenters. The van der Waals surface area contributed by atoms with Crippen LogP contribution in [0.1, 0.15) is 71.6 Å². The lowest BCUT2D eigenvalue weighted by Gasteiger charge is -2.15. The molecule has 92 valence electrons. The summed E-state index contributed by atoms with van der Waals surface area (Å²) in [7, 11) is 0. The first-order chi connectivity index (χ1) is 7.22. The highest BCUT2D eigenvalue weighted by Crippen LogP contribution is 2.12. The van der Waals surface area contributed by atoms with Crippen LogP contribution in [0.4, 0.5) is 0 Å². The average molecular weight is 216 g/mol. The predicted octanol–water partition coefficient (Wildman–Crippen LogP) is 3.26. The van der Waals surface area contributed by atoms with Gasteiger partial charge in [0, 0.05) is 0 Å². The Morgan fingerprint density at radius 2 is 1.27 bits per heavy atom. The summed E-state index contributed by atoms with van der Waals surface area (Å²) in [6, 6.07) is 0. The van der Waals surface area contributed by atoms with Crippen molar-refractivity contribution in [1.82, 2.24) is 0 Å². The minimum atomic E-state index is -0.523. The van der Waals surface area contributed by atoms with E-state index in [4.69, 9.17) is 0 Å². The van der Waals surface area contributed by atoms with Gasteiger partial charge in [-0.1, -0.05) is 58.8 Å². The van der Waals surface area contributed by atoms with Gasteiger partial charge in [0.1, 0.15) is 0 Å². The van der Waals surface area contributed by atoms with Crippen molar-refractivity contribution < 1.29 is 10.2 Å². The highest BCUT2D eigenvalue weighted by Gasteiger charge is 2.12. The number of unbranched alkanes of at least 4 members (excludes halogenated alkanes) is 6. The van der Waals surface area contributed by atoms with Crippen LogP contribution in [0.25, 0.3) is 0 Å². The second-order valence-electron chi connectivity index (χ2n) is 4.45. The Morgan fingerprint density at radius 3 is 1.80 bits per heavy atom. The molecular formula is C13H28O2. The standard InChI is InChI=1S/C13H28O2/c1-3-5-6-7-8-9-10-11-13(15)12(14)4-2/h12-15H,3-11H2,1-2H3/t12-,13+/m0/s1. The van der Waals surface area contributed by atoms with Gasteiger partial charge in [-0.15, -0.1) is 0 Å². The number of hydrogen-bond donors (Lipinski definition) is 2.